The minimum Gasteiger partial charge on any atom is -0.394 e. The first-order valence-corrected chi connectivity index (χ1v) is 8.45. The second-order valence-corrected chi connectivity index (χ2v) is 6.78. The average molecular weight is 363 g/mol. The molecule has 0 bridgehead atoms. The van der Waals surface area contributed by atoms with E-state index in [9.17, 15) is 15.0 Å². The molecule has 11 heteroatoms. The number of H-pyrrole nitrogens is 1. The SMILES string of the molecule is NC1(C(=O)N[C@@H]2C[C@H](O)[C@@H](Nc3ncnc4nc[nH]c34)O[C@H]2CO)CC1. The Morgan fingerprint density at radius 2 is 2.23 bits per heavy atom. The molecule has 1 amide bonds. The molecule has 2 fully saturated rings. The van der Waals surface area contributed by atoms with Crippen LogP contribution in [0.5, 0.6) is 0 Å². The molecule has 0 radical (unpaired) electrons. The Hall–Kier alpha value is -2.34. The number of aromatic nitrogens is 4. The van der Waals surface area contributed by atoms with E-state index < -0.39 is 30.0 Å². The minimum absolute atomic E-state index is 0.210. The molecule has 1 aliphatic heterocycles. The number of carbonyl (C=O) groups excluding carboxylic acids is 1. The monoisotopic (exact) mass is 363 g/mol. The number of rotatable bonds is 5. The molecule has 2 aromatic rings. The normalized spacial score (nSPS) is 30.1. The number of aromatic amines is 1. The van der Waals surface area contributed by atoms with Crippen molar-refractivity contribution in [3.05, 3.63) is 12.7 Å². The molecule has 2 aromatic heterocycles. The van der Waals surface area contributed by atoms with Gasteiger partial charge in [0.15, 0.2) is 17.7 Å². The summed E-state index contributed by atoms with van der Waals surface area (Å²) in [7, 11) is 0. The van der Waals surface area contributed by atoms with E-state index in [2.05, 4.69) is 30.6 Å². The standard InChI is InChI=1S/C15H21N7O4/c16-15(1-2-15)14(25)21-7-3-8(24)13(26-9(7)4-23)22-12-10-11(18-5-17-10)19-6-20-12/h5-9,13,23-24H,1-4,16H2,(H,21,25)(H2,17,18,19,20,22)/t7-,8+,9+,13+/m1/s1. The van der Waals surface area contributed by atoms with Crippen molar-refractivity contribution in [2.45, 2.75) is 49.3 Å². The fourth-order valence-corrected chi connectivity index (χ4v) is 3.04. The Bertz CT molecular complexity index is 808. The lowest BCUT2D eigenvalue weighted by Gasteiger charge is -2.39. The lowest BCUT2D eigenvalue weighted by Crippen LogP contribution is -2.59. The van der Waals surface area contributed by atoms with E-state index in [1.165, 1.54) is 12.7 Å². The van der Waals surface area contributed by atoms with Crippen molar-refractivity contribution in [3.8, 4) is 0 Å². The van der Waals surface area contributed by atoms with E-state index in [4.69, 9.17) is 10.5 Å². The Balaban J connectivity index is 1.46. The number of hydrogen-bond donors (Lipinski definition) is 6. The van der Waals surface area contributed by atoms with Crippen LogP contribution in [0.2, 0.25) is 0 Å². The summed E-state index contributed by atoms with van der Waals surface area (Å²) >= 11 is 0. The zero-order valence-electron chi connectivity index (χ0n) is 13.9. The second-order valence-electron chi connectivity index (χ2n) is 6.78. The van der Waals surface area contributed by atoms with Gasteiger partial charge in [-0.15, -0.1) is 0 Å². The molecule has 2 aliphatic rings. The van der Waals surface area contributed by atoms with Gasteiger partial charge < -0.3 is 36.3 Å². The number of anilines is 1. The number of aliphatic hydroxyl groups excluding tert-OH is 2. The van der Waals surface area contributed by atoms with Gasteiger partial charge in [-0.25, -0.2) is 15.0 Å². The topological polar surface area (TPSA) is 171 Å². The lowest BCUT2D eigenvalue weighted by atomic mass is 9.98. The third-order valence-electron chi connectivity index (χ3n) is 4.85. The highest BCUT2D eigenvalue weighted by Crippen LogP contribution is 2.33. The fourth-order valence-electron chi connectivity index (χ4n) is 3.04. The predicted octanol–water partition coefficient (Wildman–Crippen LogP) is -1.79. The highest BCUT2D eigenvalue weighted by atomic mass is 16.5. The first kappa shape index (κ1) is 17.1. The summed E-state index contributed by atoms with van der Waals surface area (Å²) in [6.07, 6.45) is 1.91. The number of nitrogens with one attached hydrogen (secondary N) is 3. The molecule has 1 aliphatic carbocycles. The van der Waals surface area contributed by atoms with Gasteiger partial charge in [-0.05, 0) is 12.8 Å². The van der Waals surface area contributed by atoms with Gasteiger partial charge in [-0.2, -0.15) is 0 Å². The van der Waals surface area contributed by atoms with Crippen LogP contribution >= 0.6 is 0 Å². The zero-order chi connectivity index (χ0) is 18.3. The molecular formula is C15H21N7O4. The molecule has 1 saturated heterocycles. The van der Waals surface area contributed by atoms with Gasteiger partial charge in [0.05, 0.1) is 24.5 Å². The largest absolute Gasteiger partial charge is 0.394 e. The van der Waals surface area contributed by atoms with Gasteiger partial charge in [-0.3, -0.25) is 4.79 Å². The molecule has 1 saturated carbocycles. The van der Waals surface area contributed by atoms with E-state index in [-0.39, 0.29) is 18.9 Å². The number of ether oxygens (including phenoxy) is 1. The second kappa shape index (κ2) is 6.43. The summed E-state index contributed by atoms with van der Waals surface area (Å²) in [5.74, 6) is 0.146. The molecule has 140 valence electrons. The molecule has 4 atom stereocenters. The summed E-state index contributed by atoms with van der Waals surface area (Å²) in [6.45, 7) is -0.309. The van der Waals surface area contributed by atoms with Crippen molar-refractivity contribution in [3.63, 3.8) is 0 Å². The summed E-state index contributed by atoms with van der Waals surface area (Å²) in [6, 6.07) is -0.529. The van der Waals surface area contributed by atoms with Gasteiger partial charge in [0.1, 0.15) is 24.1 Å². The number of nitrogens with zero attached hydrogens (tertiary/aromatic N) is 3. The van der Waals surface area contributed by atoms with E-state index in [0.29, 0.717) is 29.8 Å². The average Bonchev–Trinajstić information content (AvgIpc) is 3.19. The van der Waals surface area contributed by atoms with Crippen molar-refractivity contribution >= 4 is 22.9 Å². The number of hydrogen-bond acceptors (Lipinski definition) is 9. The van der Waals surface area contributed by atoms with E-state index in [1.807, 2.05) is 0 Å². The van der Waals surface area contributed by atoms with Crippen molar-refractivity contribution in [2.75, 3.05) is 11.9 Å². The molecular weight excluding hydrogens is 342 g/mol. The lowest BCUT2D eigenvalue weighted by molar-refractivity contribution is -0.143. The highest BCUT2D eigenvalue weighted by Gasteiger charge is 2.48. The van der Waals surface area contributed by atoms with E-state index >= 15 is 0 Å². The maximum atomic E-state index is 12.2. The number of nitrogens with two attached hydrogens (primary N) is 1. The van der Waals surface area contributed by atoms with Crippen LogP contribution < -0.4 is 16.4 Å². The van der Waals surface area contributed by atoms with Gasteiger partial charge in [-0.1, -0.05) is 0 Å². The first-order chi connectivity index (χ1) is 12.5. The Morgan fingerprint density at radius 3 is 2.96 bits per heavy atom. The number of carbonyl (C=O) groups is 1. The predicted molar refractivity (Wildman–Crippen MR) is 89.8 cm³/mol. The Labute approximate surface area is 148 Å². The van der Waals surface area contributed by atoms with Crippen LogP contribution in [0, 0.1) is 0 Å². The van der Waals surface area contributed by atoms with Crippen LogP contribution in [-0.4, -0.2) is 72.7 Å². The molecule has 7 N–H and O–H groups in total. The van der Waals surface area contributed by atoms with Crippen LogP contribution in [-0.2, 0) is 9.53 Å². The molecule has 26 heavy (non-hydrogen) atoms. The molecule has 0 spiro atoms. The third kappa shape index (κ3) is 3.09. The third-order valence-corrected chi connectivity index (χ3v) is 4.85. The molecule has 3 heterocycles. The van der Waals surface area contributed by atoms with Crippen molar-refractivity contribution in [2.24, 2.45) is 5.73 Å². The zero-order valence-corrected chi connectivity index (χ0v) is 13.9. The van der Waals surface area contributed by atoms with Crippen LogP contribution in [0.15, 0.2) is 12.7 Å². The number of amides is 1. The smallest absolute Gasteiger partial charge is 0.240 e. The fraction of sp³-hybridized carbons (Fsp3) is 0.600. The number of aliphatic hydroxyl groups is 2. The van der Waals surface area contributed by atoms with Crippen molar-refractivity contribution in [1.82, 2.24) is 25.3 Å². The van der Waals surface area contributed by atoms with Gasteiger partial charge in [0.2, 0.25) is 5.91 Å². The highest BCUT2D eigenvalue weighted by molar-refractivity contribution is 5.89. The Kier molecular flexibility index (Phi) is 4.23. The van der Waals surface area contributed by atoms with Crippen LogP contribution in [0.4, 0.5) is 5.82 Å². The summed E-state index contributed by atoms with van der Waals surface area (Å²) in [5, 5.41) is 25.9. The number of fused-ring (bicyclic) bond motifs is 1. The van der Waals surface area contributed by atoms with Crippen LogP contribution in [0.1, 0.15) is 19.3 Å². The minimum atomic E-state index is -0.927. The molecule has 4 rings (SSSR count). The van der Waals surface area contributed by atoms with Gasteiger partial charge >= 0.3 is 0 Å². The van der Waals surface area contributed by atoms with Crippen LogP contribution in [0.3, 0.4) is 0 Å². The van der Waals surface area contributed by atoms with E-state index in [1.54, 1.807) is 0 Å². The summed E-state index contributed by atoms with van der Waals surface area (Å²) < 4.78 is 5.76. The van der Waals surface area contributed by atoms with Crippen molar-refractivity contribution < 1.29 is 19.7 Å². The van der Waals surface area contributed by atoms with Gasteiger partial charge in [0.25, 0.3) is 0 Å². The molecule has 0 aromatic carbocycles. The Morgan fingerprint density at radius 1 is 1.42 bits per heavy atom. The molecule has 11 nitrogen and oxygen atoms in total. The van der Waals surface area contributed by atoms with E-state index in [0.717, 1.165) is 0 Å². The first-order valence-electron chi connectivity index (χ1n) is 8.45. The summed E-state index contributed by atoms with van der Waals surface area (Å²) in [4.78, 5) is 27.3. The van der Waals surface area contributed by atoms with Gasteiger partial charge in [0, 0.05) is 6.42 Å². The number of imidazole rings is 1. The summed E-state index contributed by atoms with van der Waals surface area (Å²) in [5.41, 5.74) is 6.12. The maximum Gasteiger partial charge on any atom is 0.240 e. The quantitative estimate of drug-likeness (QED) is 0.359. The van der Waals surface area contributed by atoms with Crippen LogP contribution in [0.25, 0.3) is 11.2 Å². The maximum absolute atomic E-state index is 12.2. The molecule has 0 unspecified atom stereocenters. The van der Waals surface area contributed by atoms with Crippen molar-refractivity contribution in [1.29, 1.82) is 0 Å².